The van der Waals surface area contributed by atoms with Gasteiger partial charge in [-0.25, -0.2) is 14.1 Å². The molecule has 4 atom stereocenters. The molecule has 2 N–H and O–H groups in total. The van der Waals surface area contributed by atoms with Crippen molar-refractivity contribution in [3.8, 4) is 0 Å². The number of carbonyl (C=O) groups is 3. The Bertz CT molecular complexity index is 717. The van der Waals surface area contributed by atoms with Crippen molar-refractivity contribution < 1.29 is 42.0 Å². The van der Waals surface area contributed by atoms with Crippen LogP contribution >= 0.6 is 7.82 Å². The van der Waals surface area contributed by atoms with Crippen LogP contribution in [0.2, 0.25) is 0 Å². The second-order valence-corrected chi connectivity index (χ2v) is 9.74. The van der Waals surface area contributed by atoms with E-state index in [9.17, 15) is 18.9 Å². The summed E-state index contributed by atoms with van der Waals surface area (Å²) in [6, 6.07) is -0.317. The van der Waals surface area contributed by atoms with Crippen molar-refractivity contribution in [3.05, 3.63) is 0 Å². The first-order valence-electron chi connectivity index (χ1n) is 10.1. The molecule has 0 radical (unpaired) electrons. The third-order valence-electron chi connectivity index (χ3n) is 5.17. The van der Waals surface area contributed by atoms with Crippen LogP contribution in [0.15, 0.2) is 0 Å². The molecule has 2 heterocycles. The topological polar surface area (TPSA) is 142 Å². The van der Waals surface area contributed by atoms with Crippen LogP contribution < -0.4 is 10.7 Å². The Morgan fingerprint density at radius 1 is 1.32 bits per heavy atom. The third kappa shape index (κ3) is 6.96. The highest BCUT2D eigenvalue weighted by atomic mass is 31.2. The maximum atomic E-state index is 12.8. The van der Waals surface area contributed by atoms with E-state index < -0.39 is 50.0 Å². The van der Waals surface area contributed by atoms with E-state index in [1.165, 1.54) is 7.11 Å². The molecule has 2 fully saturated rings. The summed E-state index contributed by atoms with van der Waals surface area (Å²) in [5.74, 6) is -1.58. The Hall–Kier alpha value is -1.56. The zero-order valence-corrected chi connectivity index (χ0v) is 19.4. The number of rotatable bonds is 9. The number of amides is 1. The van der Waals surface area contributed by atoms with Gasteiger partial charge >= 0.3 is 19.8 Å². The molecule has 0 bridgehead atoms. The van der Waals surface area contributed by atoms with Gasteiger partial charge < -0.3 is 14.8 Å². The smallest absolute Gasteiger partial charge is 0.469 e. The summed E-state index contributed by atoms with van der Waals surface area (Å²) in [6.07, 6.45) is 0.272. The van der Waals surface area contributed by atoms with Crippen molar-refractivity contribution in [1.29, 1.82) is 0 Å². The Labute approximate surface area is 181 Å². The zero-order valence-electron chi connectivity index (χ0n) is 18.5. The van der Waals surface area contributed by atoms with Crippen molar-refractivity contribution in [3.63, 3.8) is 0 Å². The molecule has 2 aliphatic rings. The molecular weight excluding hydrogens is 433 g/mol. The molecule has 2 rings (SSSR count). The second kappa shape index (κ2) is 10.8. The molecule has 0 spiro atoms. The number of hydrogen-bond acceptors (Lipinski definition) is 11. The van der Waals surface area contributed by atoms with Crippen molar-refractivity contribution in [2.75, 3.05) is 34.1 Å². The zero-order chi connectivity index (χ0) is 23.2. The number of nitrogens with zero attached hydrogens (tertiary/aromatic N) is 1. The lowest BCUT2D eigenvalue weighted by Gasteiger charge is -2.39. The summed E-state index contributed by atoms with van der Waals surface area (Å²) < 4.78 is 38.1. The highest BCUT2D eigenvalue weighted by Gasteiger charge is 2.49. The van der Waals surface area contributed by atoms with Gasteiger partial charge in [-0.05, 0) is 12.8 Å². The van der Waals surface area contributed by atoms with Gasteiger partial charge in [-0.15, -0.1) is 0 Å². The van der Waals surface area contributed by atoms with Crippen molar-refractivity contribution in [2.24, 2.45) is 5.41 Å². The standard InChI is InChI=1S/C18H32N3O9P/c1-6-12-9-13(21(4)20-12)17(24)27-11-29-31(25)28-10-18(2,3)15(30-31)16(23)19-8-7-14(22)26-5/h12-13,15,20H,6-11H2,1-5H3,(H,19,23)/t12?,13?,15-,31?/m0/s1. The van der Waals surface area contributed by atoms with E-state index in [4.69, 9.17) is 18.3 Å². The molecule has 178 valence electrons. The van der Waals surface area contributed by atoms with Crippen molar-refractivity contribution >= 4 is 25.7 Å². The molecule has 0 saturated carbocycles. The second-order valence-electron chi connectivity index (χ2n) is 8.12. The lowest BCUT2D eigenvalue weighted by molar-refractivity contribution is -0.160. The first-order valence-corrected chi connectivity index (χ1v) is 11.5. The molecule has 2 saturated heterocycles. The van der Waals surface area contributed by atoms with Gasteiger partial charge in [-0.1, -0.05) is 20.8 Å². The van der Waals surface area contributed by atoms with Gasteiger partial charge in [0.05, 0.1) is 20.1 Å². The third-order valence-corrected chi connectivity index (χ3v) is 6.51. The number of phosphoric ester groups is 1. The van der Waals surface area contributed by atoms with Crippen LogP contribution in [0.5, 0.6) is 0 Å². The molecule has 0 aromatic heterocycles. The quantitative estimate of drug-likeness (QED) is 0.283. The minimum Gasteiger partial charge on any atom is -0.469 e. The highest BCUT2D eigenvalue weighted by molar-refractivity contribution is 7.48. The first-order chi connectivity index (χ1) is 14.5. The van der Waals surface area contributed by atoms with Crippen molar-refractivity contribution in [1.82, 2.24) is 15.8 Å². The molecule has 0 aliphatic carbocycles. The molecule has 31 heavy (non-hydrogen) atoms. The average molecular weight is 465 g/mol. The van der Waals surface area contributed by atoms with Crippen molar-refractivity contribution in [2.45, 2.75) is 58.2 Å². The first kappa shape index (κ1) is 25.7. The summed E-state index contributed by atoms with van der Waals surface area (Å²) in [7, 11) is -1.15. The lowest BCUT2D eigenvalue weighted by Crippen LogP contribution is -2.50. The van der Waals surface area contributed by atoms with Crippen LogP contribution in [0.25, 0.3) is 0 Å². The fraction of sp³-hybridized carbons (Fsp3) is 0.833. The fourth-order valence-corrected chi connectivity index (χ4v) is 4.70. The Morgan fingerprint density at radius 2 is 2.03 bits per heavy atom. The molecule has 12 nitrogen and oxygen atoms in total. The van der Waals surface area contributed by atoms with E-state index in [1.54, 1.807) is 25.9 Å². The predicted molar refractivity (Wildman–Crippen MR) is 107 cm³/mol. The molecule has 2 aliphatic heterocycles. The van der Waals surface area contributed by atoms with E-state index in [0.29, 0.717) is 6.42 Å². The van der Waals surface area contributed by atoms with Crippen LogP contribution in [0, 0.1) is 5.41 Å². The summed E-state index contributed by atoms with van der Waals surface area (Å²) in [5, 5.41) is 4.21. The number of ether oxygens (including phenoxy) is 2. The van der Waals surface area contributed by atoms with Gasteiger partial charge in [0.25, 0.3) is 0 Å². The molecule has 13 heteroatoms. The van der Waals surface area contributed by atoms with Crippen LogP contribution in [-0.2, 0) is 42.0 Å². The number of hydrogen-bond donors (Lipinski definition) is 2. The molecule has 3 unspecified atom stereocenters. The fourth-order valence-electron chi connectivity index (χ4n) is 3.19. The maximum Gasteiger partial charge on any atom is 0.478 e. The normalized spacial score (nSPS) is 30.5. The monoisotopic (exact) mass is 465 g/mol. The Balaban J connectivity index is 1.87. The molecule has 0 aromatic carbocycles. The number of esters is 2. The number of hydrazine groups is 1. The number of phosphoric acid groups is 1. The van der Waals surface area contributed by atoms with Crippen LogP contribution in [-0.4, -0.2) is 75.1 Å². The van der Waals surface area contributed by atoms with Gasteiger partial charge in [-0.3, -0.25) is 28.9 Å². The number of methoxy groups -OCH3 is 1. The van der Waals surface area contributed by atoms with E-state index in [0.717, 1.165) is 6.42 Å². The van der Waals surface area contributed by atoms with Gasteiger partial charge in [0.1, 0.15) is 6.04 Å². The van der Waals surface area contributed by atoms with Crippen LogP contribution in [0.1, 0.15) is 40.0 Å². The Morgan fingerprint density at radius 3 is 2.65 bits per heavy atom. The van der Waals surface area contributed by atoms with E-state index in [2.05, 4.69) is 15.5 Å². The van der Waals surface area contributed by atoms with Crippen LogP contribution in [0.4, 0.5) is 0 Å². The van der Waals surface area contributed by atoms with Gasteiger partial charge in [0.2, 0.25) is 12.7 Å². The average Bonchev–Trinajstić information content (AvgIpc) is 3.10. The predicted octanol–water partition coefficient (Wildman–Crippen LogP) is 0.720. The highest BCUT2D eigenvalue weighted by Crippen LogP contribution is 2.57. The number of carbonyl (C=O) groups excluding carboxylic acids is 3. The summed E-state index contributed by atoms with van der Waals surface area (Å²) in [5.41, 5.74) is 2.34. The van der Waals surface area contributed by atoms with E-state index >= 15 is 0 Å². The lowest BCUT2D eigenvalue weighted by atomic mass is 9.87. The minimum absolute atomic E-state index is 0.0145. The number of likely N-dealkylation sites (N-methyl/N-ethyl adjacent to an activating group) is 1. The minimum atomic E-state index is -4.14. The molecule has 0 aromatic rings. The van der Waals surface area contributed by atoms with Crippen LogP contribution in [0.3, 0.4) is 0 Å². The molecular formula is C18H32N3O9P. The largest absolute Gasteiger partial charge is 0.478 e. The van der Waals surface area contributed by atoms with Gasteiger partial charge in [-0.2, -0.15) is 0 Å². The SMILES string of the molecule is CCC1CC(C(=O)OCOP2(=O)OCC(C)(C)[C@H](C(=O)NCCC(=O)OC)O2)N(C)N1. The molecule has 1 amide bonds. The van der Waals surface area contributed by atoms with Gasteiger partial charge in [0.15, 0.2) is 6.10 Å². The maximum absolute atomic E-state index is 12.8. The summed E-state index contributed by atoms with van der Waals surface area (Å²) in [4.78, 5) is 36.0. The Kier molecular flexibility index (Phi) is 8.99. The number of nitrogens with one attached hydrogen (secondary N) is 2. The van der Waals surface area contributed by atoms with Gasteiger partial charge in [0, 0.05) is 25.0 Å². The summed E-state index contributed by atoms with van der Waals surface area (Å²) in [6.45, 7) is 4.72. The van der Waals surface area contributed by atoms with E-state index in [-0.39, 0.29) is 25.6 Å². The summed E-state index contributed by atoms with van der Waals surface area (Å²) >= 11 is 0. The van der Waals surface area contributed by atoms with E-state index in [1.807, 2.05) is 6.92 Å².